The average Bonchev–Trinajstić information content (AvgIpc) is 2.12. The van der Waals surface area contributed by atoms with Crippen molar-refractivity contribution in [2.45, 2.75) is 25.6 Å². The molecule has 0 radical (unpaired) electrons. The highest BCUT2D eigenvalue weighted by atomic mass is 16.4. The number of ketones is 2. The van der Waals surface area contributed by atoms with Crippen LogP contribution in [0.15, 0.2) is 0 Å². The van der Waals surface area contributed by atoms with Gasteiger partial charge in [-0.2, -0.15) is 0 Å². The molecule has 0 rings (SSSR count). The van der Waals surface area contributed by atoms with Gasteiger partial charge in [0.15, 0.2) is 0 Å². The Morgan fingerprint density at radius 1 is 1.23 bits per heavy atom. The van der Waals surface area contributed by atoms with Crippen molar-refractivity contribution in [3.63, 3.8) is 0 Å². The lowest BCUT2D eigenvalue weighted by molar-refractivity contribution is -0.156. The zero-order chi connectivity index (χ0) is 10.6. The molecule has 0 fully saturated rings. The molecule has 0 saturated carbocycles. The summed E-state index contributed by atoms with van der Waals surface area (Å²) in [6, 6.07) is 0. The summed E-state index contributed by atoms with van der Waals surface area (Å²) in [6.07, 6.45) is -3.30. The van der Waals surface area contributed by atoms with Crippen LogP contribution >= 0.6 is 0 Å². The van der Waals surface area contributed by atoms with Crippen LogP contribution in [0.2, 0.25) is 0 Å². The second-order valence-corrected chi connectivity index (χ2v) is 2.42. The third kappa shape index (κ3) is 2.92. The van der Waals surface area contributed by atoms with Gasteiger partial charge in [0.1, 0.15) is 6.10 Å². The maximum atomic E-state index is 10.7. The Bertz CT molecular complexity index is 233. The lowest BCUT2D eigenvalue weighted by Gasteiger charge is -2.12. The van der Waals surface area contributed by atoms with Crippen LogP contribution in [-0.2, 0) is 14.4 Å². The molecule has 2 atom stereocenters. The first-order valence-electron chi connectivity index (χ1n) is 3.59. The fourth-order valence-electron chi connectivity index (χ4n) is 0.638. The van der Waals surface area contributed by atoms with Crippen LogP contribution in [-0.4, -0.2) is 45.1 Å². The van der Waals surface area contributed by atoms with Crippen molar-refractivity contribution in [3.8, 4) is 0 Å². The number of hydrogen-bond acceptors (Lipinski definition) is 5. The molecule has 0 aromatic heterocycles. The number of carbonyl (C=O) groups excluding carboxylic acids is 2. The number of rotatable bonds is 5. The Labute approximate surface area is 73.8 Å². The molecule has 0 aliphatic heterocycles. The minimum Gasteiger partial charge on any atom is -0.475 e. The molecule has 0 aromatic carbocycles. The molecular weight excluding hydrogens is 180 g/mol. The van der Waals surface area contributed by atoms with Crippen molar-refractivity contribution >= 4 is 17.5 Å². The molecule has 13 heavy (non-hydrogen) atoms. The first kappa shape index (κ1) is 11.7. The van der Waals surface area contributed by atoms with Gasteiger partial charge >= 0.3 is 11.8 Å². The van der Waals surface area contributed by atoms with Gasteiger partial charge in [-0.25, -0.2) is 4.79 Å². The van der Waals surface area contributed by atoms with Crippen molar-refractivity contribution < 1.29 is 29.7 Å². The number of carboxylic acid groups (broad SMARTS) is 1. The van der Waals surface area contributed by atoms with Crippen LogP contribution in [0.5, 0.6) is 0 Å². The minimum atomic E-state index is -1.95. The third-order valence-corrected chi connectivity index (χ3v) is 1.47. The molecule has 0 aromatic rings. The van der Waals surface area contributed by atoms with Gasteiger partial charge in [0.25, 0.3) is 0 Å². The Hall–Kier alpha value is -1.27. The maximum absolute atomic E-state index is 10.7. The lowest BCUT2D eigenvalue weighted by Crippen LogP contribution is -2.40. The highest BCUT2D eigenvalue weighted by molar-refractivity contribution is 6.62. The lowest BCUT2D eigenvalue weighted by atomic mass is 10.0. The van der Waals surface area contributed by atoms with Crippen LogP contribution in [0, 0.1) is 0 Å². The van der Waals surface area contributed by atoms with E-state index in [1.54, 1.807) is 0 Å². The second kappa shape index (κ2) is 4.68. The molecule has 0 heterocycles. The van der Waals surface area contributed by atoms with Gasteiger partial charge in [-0.05, 0) is 6.42 Å². The number of aliphatic carboxylic acids is 1. The Morgan fingerprint density at radius 3 is 2.00 bits per heavy atom. The normalized spacial score (nSPS) is 14.7. The molecule has 0 aliphatic carbocycles. The molecule has 0 saturated heterocycles. The summed E-state index contributed by atoms with van der Waals surface area (Å²) in [6.45, 7) is 1.48. The van der Waals surface area contributed by atoms with E-state index in [4.69, 9.17) is 15.3 Å². The smallest absolute Gasteiger partial charge is 0.380 e. The zero-order valence-corrected chi connectivity index (χ0v) is 6.93. The summed E-state index contributed by atoms with van der Waals surface area (Å²) in [5.41, 5.74) is 0. The zero-order valence-electron chi connectivity index (χ0n) is 6.93. The van der Waals surface area contributed by atoms with Gasteiger partial charge in [-0.3, -0.25) is 9.59 Å². The van der Waals surface area contributed by atoms with Gasteiger partial charge in [-0.15, -0.1) is 0 Å². The summed E-state index contributed by atoms with van der Waals surface area (Å²) in [4.78, 5) is 31.2. The monoisotopic (exact) mass is 190 g/mol. The van der Waals surface area contributed by atoms with Gasteiger partial charge in [0.2, 0.25) is 5.78 Å². The van der Waals surface area contributed by atoms with Gasteiger partial charge in [0, 0.05) is 0 Å². The van der Waals surface area contributed by atoms with E-state index in [9.17, 15) is 14.4 Å². The van der Waals surface area contributed by atoms with Crippen LogP contribution in [0.25, 0.3) is 0 Å². The molecule has 6 nitrogen and oxygen atoms in total. The topological polar surface area (TPSA) is 112 Å². The van der Waals surface area contributed by atoms with Crippen molar-refractivity contribution in [1.82, 2.24) is 0 Å². The van der Waals surface area contributed by atoms with E-state index in [0.29, 0.717) is 0 Å². The van der Waals surface area contributed by atoms with E-state index < -0.39 is 29.7 Å². The van der Waals surface area contributed by atoms with Crippen molar-refractivity contribution in [1.29, 1.82) is 0 Å². The van der Waals surface area contributed by atoms with E-state index in [1.807, 2.05) is 0 Å². The summed E-state index contributed by atoms with van der Waals surface area (Å²) >= 11 is 0. The molecule has 0 aliphatic rings. The highest BCUT2D eigenvalue weighted by Gasteiger charge is 2.32. The maximum Gasteiger partial charge on any atom is 0.380 e. The van der Waals surface area contributed by atoms with E-state index in [1.165, 1.54) is 6.92 Å². The molecule has 0 amide bonds. The predicted octanol–water partition coefficient (Wildman–Crippen LogP) is -1.66. The van der Waals surface area contributed by atoms with E-state index in [0.717, 1.165) is 0 Å². The summed E-state index contributed by atoms with van der Waals surface area (Å²) < 4.78 is 0. The Balaban J connectivity index is 4.43. The number of aliphatic hydroxyl groups is 2. The largest absolute Gasteiger partial charge is 0.475 e. The molecule has 6 heteroatoms. The fourth-order valence-corrected chi connectivity index (χ4v) is 0.638. The first-order valence-corrected chi connectivity index (χ1v) is 3.59. The van der Waals surface area contributed by atoms with Crippen LogP contribution < -0.4 is 0 Å². The van der Waals surface area contributed by atoms with E-state index in [-0.39, 0.29) is 6.42 Å². The second-order valence-electron chi connectivity index (χ2n) is 2.42. The molecule has 0 spiro atoms. The van der Waals surface area contributed by atoms with Crippen molar-refractivity contribution in [2.75, 3.05) is 0 Å². The van der Waals surface area contributed by atoms with E-state index >= 15 is 0 Å². The summed E-state index contributed by atoms with van der Waals surface area (Å²) in [7, 11) is 0. The first-order chi connectivity index (χ1) is 5.91. The molecule has 0 bridgehead atoms. The number of aliphatic hydroxyl groups excluding tert-OH is 2. The number of carbonyl (C=O) groups is 3. The highest BCUT2D eigenvalue weighted by Crippen LogP contribution is 2.00. The van der Waals surface area contributed by atoms with Crippen LogP contribution in [0.3, 0.4) is 0 Å². The fraction of sp³-hybridized carbons (Fsp3) is 0.571. The van der Waals surface area contributed by atoms with Crippen LogP contribution in [0.1, 0.15) is 13.3 Å². The number of Topliss-reactive ketones (excluding diaryl/α,β-unsaturated/α-hetero) is 2. The minimum absolute atomic E-state index is 0.0554. The predicted molar refractivity (Wildman–Crippen MR) is 40.0 cm³/mol. The standard InChI is InChI=1S/C7H10O6/c1-2-3(8)4(9)5(10)6(11)7(12)13/h3-4,8-9H,2H2,1H3,(H,12,13). The molecular formula is C7H10O6. The average molecular weight is 190 g/mol. The van der Waals surface area contributed by atoms with E-state index in [2.05, 4.69) is 0 Å². The van der Waals surface area contributed by atoms with Crippen molar-refractivity contribution in [3.05, 3.63) is 0 Å². The van der Waals surface area contributed by atoms with Crippen LogP contribution in [0.4, 0.5) is 0 Å². The number of carboxylic acids is 1. The molecule has 3 N–H and O–H groups in total. The summed E-state index contributed by atoms with van der Waals surface area (Å²) in [5, 5.41) is 25.9. The Morgan fingerprint density at radius 2 is 1.69 bits per heavy atom. The SMILES string of the molecule is CCC(O)C(O)C(=O)C(=O)C(=O)O. The quantitative estimate of drug-likeness (QED) is 0.353. The number of hydrogen-bond donors (Lipinski definition) is 3. The molecule has 2 unspecified atom stereocenters. The van der Waals surface area contributed by atoms with Gasteiger partial charge in [0.05, 0.1) is 6.10 Å². The van der Waals surface area contributed by atoms with Gasteiger partial charge < -0.3 is 15.3 Å². The summed E-state index contributed by atoms with van der Waals surface area (Å²) in [5.74, 6) is -5.16. The van der Waals surface area contributed by atoms with Crippen molar-refractivity contribution in [2.24, 2.45) is 0 Å². The Kier molecular flexibility index (Phi) is 4.22. The third-order valence-electron chi connectivity index (χ3n) is 1.47. The van der Waals surface area contributed by atoms with Gasteiger partial charge in [-0.1, -0.05) is 6.92 Å². The molecule has 74 valence electrons.